The predicted molar refractivity (Wildman–Crippen MR) is 159 cm³/mol. The second-order valence-corrected chi connectivity index (χ2v) is 13.2. The number of hydrogen-bond donors (Lipinski definition) is 1. The van der Waals surface area contributed by atoms with Crippen LogP contribution in [0.4, 0.5) is 0 Å². The summed E-state index contributed by atoms with van der Waals surface area (Å²) in [6.07, 6.45) is 0.229. The Labute approximate surface area is 241 Å². The van der Waals surface area contributed by atoms with Gasteiger partial charge in [0.25, 0.3) is 0 Å². The summed E-state index contributed by atoms with van der Waals surface area (Å²) in [5.74, 6) is 1.01. The SMILES string of the molecule is Cc1ccc([C@H]2NC3=C(C(=O)C(=C4SCCS4)C(=O)C[C@@H]3c3ccc(Cl)cc3)[C@@H]2c2ccc(Cl)cc2)cc1. The topological polar surface area (TPSA) is 46.2 Å². The van der Waals surface area contributed by atoms with Crippen LogP contribution < -0.4 is 5.32 Å². The highest BCUT2D eigenvalue weighted by molar-refractivity contribution is 8.25. The van der Waals surface area contributed by atoms with Crippen molar-refractivity contribution in [1.29, 1.82) is 0 Å². The summed E-state index contributed by atoms with van der Waals surface area (Å²) in [7, 11) is 0. The number of nitrogens with one attached hydrogen (secondary N) is 1. The first-order valence-electron chi connectivity index (χ1n) is 12.6. The van der Waals surface area contributed by atoms with Crippen LogP contribution in [0.25, 0.3) is 0 Å². The van der Waals surface area contributed by atoms with E-state index in [2.05, 4.69) is 36.5 Å². The molecule has 0 saturated carbocycles. The molecule has 0 bridgehead atoms. The molecule has 3 aliphatic rings. The fourth-order valence-corrected chi connectivity index (χ4v) is 8.41. The standard InChI is InChI=1S/C31H25Cl2NO2S2/c1-17-2-4-20(5-3-17)28-25(19-8-12-22(33)13-9-19)27-29(34-28)23(18-6-10-21(32)11-7-18)16-24(35)26(30(27)36)31-37-14-15-38-31/h2-13,23,25,28,34H,14-16H2,1H3/t23-,25+,28-/m1/s1. The van der Waals surface area contributed by atoms with E-state index in [1.165, 1.54) is 5.56 Å². The van der Waals surface area contributed by atoms with Crippen molar-refractivity contribution in [2.45, 2.75) is 31.2 Å². The molecule has 3 nitrogen and oxygen atoms in total. The van der Waals surface area contributed by atoms with Crippen LogP contribution in [0.15, 0.2) is 93.9 Å². The van der Waals surface area contributed by atoms with Gasteiger partial charge in [-0.1, -0.05) is 77.3 Å². The third kappa shape index (κ3) is 4.75. The number of aryl methyl sites for hydroxylation is 1. The number of ketones is 2. The van der Waals surface area contributed by atoms with E-state index >= 15 is 0 Å². The largest absolute Gasteiger partial charge is 0.380 e. The van der Waals surface area contributed by atoms with Gasteiger partial charge < -0.3 is 5.32 Å². The molecule has 6 rings (SSSR count). The Morgan fingerprint density at radius 3 is 1.92 bits per heavy atom. The molecule has 38 heavy (non-hydrogen) atoms. The van der Waals surface area contributed by atoms with Crippen molar-refractivity contribution in [2.24, 2.45) is 0 Å². The lowest BCUT2D eigenvalue weighted by atomic mass is 9.81. The van der Waals surface area contributed by atoms with Gasteiger partial charge in [0.2, 0.25) is 0 Å². The lowest BCUT2D eigenvalue weighted by molar-refractivity contribution is -0.119. The van der Waals surface area contributed by atoms with Gasteiger partial charge in [-0.05, 0) is 47.9 Å². The highest BCUT2D eigenvalue weighted by Crippen LogP contribution is 2.52. The second kappa shape index (κ2) is 10.6. The lowest BCUT2D eigenvalue weighted by Gasteiger charge is -2.25. The van der Waals surface area contributed by atoms with Crippen LogP contribution in [-0.2, 0) is 9.59 Å². The normalized spacial score (nSPS) is 23.5. The highest BCUT2D eigenvalue weighted by Gasteiger charge is 2.47. The van der Waals surface area contributed by atoms with Gasteiger partial charge in [0.05, 0.1) is 15.9 Å². The molecule has 1 aliphatic carbocycles. The van der Waals surface area contributed by atoms with Gasteiger partial charge in [0.1, 0.15) is 0 Å². The van der Waals surface area contributed by atoms with E-state index in [1.807, 2.05) is 48.5 Å². The number of benzene rings is 3. The van der Waals surface area contributed by atoms with Crippen LogP contribution in [-0.4, -0.2) is 23.1 Å². The van der Waals surface area contributed by atoms with E-state index in [-0.39, 0.29) is 35.9 Å². The van der Waals surface area contributed by atoms with Crippen LogP contribution in [0, 0.1) is 6.92 Å². The molecule has 0 radical (unpaired) electrons. The summed E-state index contributed by atoms with van der Waals surface area (Å²) in [5.41, 5.74) is 6.09. The number of rotatable bonds is 3. The highest BCUT2D eigenvalue weighted by atomic mass is 35.5. The minimum absolute atomic E-state index is 0.0928. The minimum atomic E-state index is -0.279. The number of Topliss-reactive ketones (excluding diaryl/α,β-unsaturated/α-hetero) is 2. The van der Waals surface area contributed by atoms with Crippen molar-refractivity contribution in [2.75, 3.05) is 11.5 Å². The van der Waals surface area contributed by atoms with Crippen molar-refractivity contribution in [3.8, 4) is 0 Å². The van der Waals surface area contributed by atoms with Crippen LogP contribution in [0.3, 0.4) is 0 Å². The molecule has 192 valence electrons. The first-order valence-corrected chi connectivity index (χ1v) is 15.3. The van der Waals surface area contributed by atoms with Gasteiger partial charge in [-0.3, -0.25) is 9.59 Å². The zero-order valence-electron chi connectivity index (χ0n) is 20.7. The molecule has 3 atom stereocenters. The van der Waals surface area contributed by atoms with Crippen LogP contribution in [0.5, 0.6) is 0 Å². The number of thioether (sulfide) groups is 2. The van der Waals surface area contributed by atoms with Crippen molar-refractivity contribution in [3.63, 3.8) is 0 Å². The zero-order valence-corrected chi connectivity index (χ0v) is 23.8. The molecule has 2 heterocycles. The van der Waals surface area contributed by atoms with Crippen molar-refractivity contribution >= 4 is 58.3 Å². The molecule has 7 heteroatoms. The quantitative estimate of drug-likeness (QED) is 0.252. The first kappa shape index (κ1) is 25.8. The molecule has 0 unspecified atom stereocenters. The Kier molecular flexibility index (Phi) is 7.21. The summed E-state index contributed by atoms with van der Waals surface area (Å²) in [6, 6.07) is 23.6. The number of carbonyl (C=O) groups excluding carboxylic acids is 2. The maximum Gasteiger partial charge on any atom is 0.196 e. The summed E-state index contributed by atoms with van der Waals surface area (Å²) in [5, 5.41) is 5.04. The molecular formula is C31H25Cl2NO2S2. The van der Waals surface area contributed by atoms with Gasteiger partial charge in [0.15, 0.2) is 11.6 Å². The first-order chi connectivity index (χ1) is 18.4. The van der Waals surface area contributed by atoms with Gasteiger partial charge in [-0.25, -0.2) is 0 Å². The average Bonchev–Trinajstić information content (AvgIpc) is 3.56. The van der Waals surface area contributed by atoms with E-state index in [4.69, 9.17) is 23.2 Å². The van der Waals surface area contributed by atoms with Crippen LogP contribution >= 0.6 is 46.7 Å². The minimum Gasteiger partial charge on any atom is -0.380 e. The monoisotopic (exact) mass is 577 g/mol. The van der Waals surface area contributed by atoms with Crippen molar-refractivity contribution in [3.05, 3.63) is 126 Å². The molecule has 2 aliphatic heterocycles. The van der Waals surface area contributed by atoms with Crippen LogP contribution in [0.1, 0.15) is 46.6 Å². The van der Waals surface area contributed by atoms with E-state index in [1.54, 1.807) is 23.5 Å². The van der Waals surface area contributed by atoms with Gasteiger partial charge in [0, 0.05) is 51.1 Å². The summed E-state index contributed by atoms with van der Waals surface area (Å²) in [6.45, 7) is 2.07. The zero-order chi connectivity index (χ0) is 26.4. The number of halogens is 2. The molecular weight excluding hydrogens is 553 g/mol. The van der Waals surface area contributed by atoms with E-state index in [0.29, 0.717) is 21.2 Å². The average molecular weight is 579 g/mol. The van der Waals surface area contributed by atoms with Gasteiger partial charge >= 0.3 is 0 Å². The lowest BCUT2D eigenvalue weighted by Crippen LogP contribution is -2.25. The molecule has 3 aromatic carbocycles. The summed E-state index contributed by atoms with van der Waals surface area (Å²) in [4.78, 5) is 28.3. The molecule has 1 fully saturated rings. The smallest absolute Gasteiger partial charge is 0.196 e. The Hall–Kier alpha value is -2.44. The third-order valence-corrected chi connectivity index (χ3v) is 10.6. The number of carbonyl (C=O) groups is 2. The maximum atomic E-state index is 14.5. The molecule has 0 aromatic heterocycles. The van der Waals surface area contributed by atoms with E-state index < -0.39 is 0 Å². The van der Waals surface area contributed by atoms with Crippen molar-refractivity contribution < 1.29 is 9.59 Å². The van der Waals surface area contributed by atoms with Crippen molar-refractivity contribution in [1.82, 2.24) is 5.32 Å². The van der Waals surface area contributed by atoms with Gasteiger partial charge in [-0.15, -0.1) is 23.5 Å². The Morgan fingerprint density at radius 2 is 1.32 bits per heavy atom. The Morgan fingerprint density at radius 1 is 0.763 bits per heavy atom. The number of hydrogen-bond acceptors (Lipinski definition) is 5. The van der Waals surface area contributed by atoms with Crippen LogP contribution in [0.2, 0.25) is 10.0 Å². The fourth-order valence-electron chi connectivity index (χ4n) is 5.59. The number of allylic oxidation sites excluding steroid dienone is 2. The molecule has 1 saturated heterocycles. The van der Waals surface area contributed by atoms with E-state index in [9.17, 15) is 9.59 Å². The molecule has 0 spiro atoms. The van der Waals surface area contributed by atoms with E-state index in [0.717, 1.165) is 38.1 Å². The summed E-state index contributed by atoms with van der Waals surface area (Å²) >= 11 is 15.7. The second-order valence-electron chi connectivity index (χ2n) is 9.81. The fraction of sp³-hybridized carbons (Fsp3) is 0.226. The Balaban J connectivity index is 1.58. The third-order valence-electron chi connectivity index (χ3n) is 7.43. The predicted octanol–water partition coefficient (Wildman–Crippen LogP) is 8.00. The maximum absolute atomic E-state index is 14.5. The molecule has 0 amide bonds. The van der Waals surface area contributed by atoms with Gasteiger partial charge in [-0.2, -0.15) is 0 Å². The molecule has 1 N–H and O–H groups in total. The summed E-state index contributed by atoms with van der Waals surface area (Å²) < 4.78 is 0.859. The molecule has 3 aromatic rings. The Bertz CT molecular complexity index is 1470.